The minimum absolute atomic E-state index is 0.0201. The van der Waals surface area contributed by atoms with E-state index in [1.54, 1.807) is 30.5 Å². The van der Waals surface area contributed by atoms with Crippen LogP contribution in [0.3, 0.4) is 0 Å². The summed E-state index contributed by atoms with van der Waals surface area (Å²) < 4.78 is 27.3. The summed E-state index contributed by atoms with van der Waals surface area (Å²) in [6.45, 7) is 1.91. The first-order valence-corrected chi connectivity index (χ1v) is 10.7. The predicted octanol–water partition coefficient (Wildman–Crippen LogP) is 3.16. The lowest BCUT2D eigenvalue weighted by Gasteiger charge is -2.24. The van der Waals surface area contributed by atoms with E-state index in [-0.39, 0.29) is 17.8 Å². The highest BCUT2D eigenvalue weighted by molar-refractivity contribution is 7.91. The molecule has 0 saturated carbocycles. The minimum atomic E-state index is -3.34. The van der Waals surface area contributed by atoms with Crippen LogP contribution in [0, 0.1) is 0 Å². The summed E-state index contributed by atoms with van der Waals surface area (Å²) in [4.78, 5) is 4.78. The zero-order valence-electron chi connectivity index (χ0n) is 15.6. The van der Waals surface area contributed by atoms with Crippen molar-refractivity contribution in [3.8, 4) is 0 Å². The number of benzene rings is 2. The molecule has 6 heteroatoms. The third kappa shape index (κ3) is 5.05. The van der Waals surface area contributed by atoms with Gasteiger partial charge in [-0.2, -0.15) is 0 Å². The van der Waals surface area contributed by atoms with E-state index < -0.39 is 9.84 Å². The van der Waals surface area contributed by atoms with Gasteiger partial charge in [0.25, 0.3) is 0 Å². The van der Waals surface area contributed by atoms with Crippen molar-refractivity contribution in [2.45, 2.75) is 30.3 Å². The van der Waals surface area contributed by atoms with Crippen LogP contribution in [0.15, 0.2) is 78.0 Å². The van der Waals surface area contributed by atoms with E-state index in [0.717, 1.165) is 11.4 Å². The number of nitrogens with one attached hydrogen (secondary N) is 1. The normalized spacial score (nSPS) is 14.0. The van der Waals surface area contributed by atoms with Gasteiger partial charge in [0.05, 0.1) is 10.6 Å². The molecule has 0 radical (unpaired) electrons. The summed E-state index contributed by atoms with van der Waals surface area (Å²) in [7, 11) is -1.37. The lowest BCUT2D eigenvalue weighted by atomic mass is 10.0. The number of aromatic nitrogens is 2. The summed E-state index contributed by atoms with van der Waals surface area (Å²) >= 11 is 0. The summed E-state index contributed by atoms with van der Waals surface area (Å²) in [5, 5.41) is 3.49. The number of imidazole rings is 1. The molecule has 27 heavy (non-hydrogen) atoms. The molecule has 1 heterocycles. The number of aryl methyl sites for hydroxylation is 1. The van der Waals surface area contributed by atoms with Gasteiger partial charge in [0.2, 0.25) is 0 Å². The third-order valence-electron chi connectivity index (χ3n) is 4.57. The van der Waals surface area contributed by atoms with Gasteiger partial charge in [-0.25, -0.2) is 13.4 Å². The molecule has 3 rings (SSSR count). The van der Waals surface area contributed by atoms with E-state index in [1.807, 2.05) is 49.0 Å². The van der Waals surface area contributed by atoms with Crippen molar-refractivity contribution in [3.63, 3.8) is 0 Å². The number of sulfone groups is 1. The van der Waals surface area contributed by atoms with Crippen LogP contribution >= 0.6 is 0 Å². The molecule has 0 spiro atoms. The first-order chi connectivity index (χ1) is 13.0. The second-order valence-electron chi connectivity index (χ2n) is 6.78. The number of rotatable bonds is 8. The summed E-state index contributed by atoms with van der Waals surface area (Å²) in [5.74, 6) is 0.996. The number of nitrogens with zero attached hydrogens (tertiary/aromatic N) is 2. The molecule has 142 valence electrons. The maximum Gasteiger partial charge on any atom is 0.179 e. The van der Waals surface area contributed by atoms with Gasteiger partial charge in [-0.15, -0.1) is 0 Å². The molecule has 5 nitrogen and oxygen atoms in total. The standard InChI is InChI=1S/C21H25N3O2S/c1-17(16-27(25,26)19-11-7-4-8-12-19)23-20(18-9-5-3-6-10-18)15-21-22-13-14-24(21)2/h3-14,17,20,23H,15-16H2,1-2H3/t17-,20-/m0/s1. The molecule has 0 fully saturated rings. The molecule has 3 aromatic rings. The molecule has 1 N–H and O–H groups in total. The van der Waals surface area contributed by atoms with Crippen molar-refractivity contribution in [3.05, 3.63) is 84.4 Å². The number of hydrogen-bond acceptors (Lipinski definition) is 4. The van der Waals surface area contributed by atoms with Crippen LogP contribution in [-0.2, 0) is 23.3 Å². The highest BCUT2D eigenvalue weighted by atomic mass is 32.2. The molecule has 0 aliphatic rings. The Morgan fingerprint density at radius 3 is 2.26 bits per heavy atom. The van der Waals surface area contributed by atoms with Gasteiger partial charge >= 0.3 is 0 Å². The van der Waals surface area contributed by atoms with Crippen LogP contribution in [0.1, 0.15) is 24.4 Å². The van der Waals surface area contributed by atoms with Gasteiger partial charge in [0.15, 0.2) is 9.84 Å². The first-order valence-electron chi connectivity index (χ1n) is 9.01. The van der Waals surface area contributed by atoms with Crippen LogP contribution in [0.5, 0.6) is 0 Å². The van der Waals surface area contributed by atoms with Gasteiger partial charge in [-0.1, -0.05) is 48.5 Å². The van der Waals surface area contributed by atoms with E-state index in [1.165, 1.54) is 0 Å². The van der Waals surface area contributed by atoms with E-state index in [4.69, 9.17) is 0 Å². The Bertz CT molecular complexity index is 953. The molecule has 0 aliphatic heterocycles. The maximum atomic E-state index is 12.7. The average Bonchev–Trinajstić information content (AvgIpc) is 3.07. The fraction of sp³-hybridized carbons (Fsp3) is 0.286. The zero-order valence-corrected chi connectivity index (χ0v) is 16.4. The monoisotopic (exact) mass is 383 g/mol. The number of hydrogen-bond donors (Lipinski definition) is 1. The van der Waals surface area contributed by atoms with Gasteiger partial charge in [0.1, 0.15) is 5.82 Å². The topological polar surface area (TPSA) is 64.0 Å². The van der Waals surface area contributed by atoms with E-state index in [9.17, 15) is 8.42 Å². The Labute approximate surface area is 161 Å². The van der Waals surface area contributed by atoms with E-state index in [2.05, 4.69) is 22.4 Å². The van der Waals surface area contributed by atoms with Crippen molar-refractivity contribution in [2.75, 3.05) is 5.75 Å². The smallest absolute Gasteiger partial charge is 0.179 e. The molecule has 0 aliphatic carbocycles. The molecule has 1 aromatic heterocycles. The third-order valence-corrected chi connectivity index (χ3v) is 6.50. The van der Waals surface area contributed by atoms with Gasteiger partial charge in [-0.3, -0.25) is 0 Å². The molecule has 2 atom stereocenters. The Morgan fingerprint density at radius 1 is 1.04 bits per heavy atom. The molecule has 0 saturated heterocycles. The van der Waals surface area contributed by atoms with Crippen LogP contribution in [0.25, 0.3) is 0 Å². The van der Waals surface area contributed by atoms with Crippen molar-refractivity contribution >= 4 is 9.84 Å². The minimum Gasteiger partial charge on any atom is -0.338 e. The van der Waals surface area contributed by atoms with E-state index >= 15 is 0 Å². The SMILES string of the molecule is C[C@@H](CS(=O)(=O)c1ccccc1)N[C@@H](Cc1nccn1C)c1ccccc1. The van der Waals surface area contributed by atoms with Gasteiger partial charge < -0.3 is 9.88 Å². The summed E-state index contributed by atoms with van der Waals surface area (Å²) in [5.41, 5.74) is 1.12. The van der Waals surface area contributed by atoms with Gasteiger partial charge in [-0.05, 0) is 24.6 Å². The predicted molar refractivity (Wildman–Crippen MR) is 107 cm³/mol. The molecular weight excluding hydrogens is 358 g/mol. The summed E-state index contributed by atoms with van der Waals surface area (Å²) in [6.07, 6.45) is 4.38. The van der Waals surface area contributed by atoms with Crippen LogP contribution in [0.4, 0.5) is 0 Å². The zero-order chi connectivity index (χ0) is 19.3. The second-order valence-corrected chi connectivity index (χ2v) is 8.82. The Balaban J connectivity index is 1.76. The molecular formula is C21H25N3O2S. The van der Waals surface area contributed by atoms with Crippen LogP contribution < -0.4 is 5.32 Å². The lowest BCUT2D eigenvalue weighted by Crippen LogP contribution is -2.37. The van der Waals surface area contributed by atoms with Crippen molar-refractivity contribution in [2.24, 2.45) is 7.05 Å². The Kier molecular flexibility index (Phi) is 6.08. The first kappa shape index (κ1) is 19.3. The van der Waals surface area contributed by atoms with Crippen LogP contribution in [0.2, 0.25) is 0 Å². The fourth-order valence-corrected chi connectivity index (χ4v) is 4.70. The summed E-state index contributed by atoms with van der Waals surface area (Å²) in [6, 6.07) is 18.4. The van der Waals surface area contributed by atoms with Crippen molar-refractivity contribution in [1.29, 1.82) is 0 Å². The quantitative estimate of drug-likeness (QED) is 0.649. The van der Waals surface area contributed by atoms with E-state index in [0.29, 0.717) is 11.3 Å². The lowest BCUT2D eigenvalue weighted by molar-refractivity contribution is 0.460. The fourth-order valence-electron chi connectivity index (χ4n) is 3.18. The maximum absolute atomic E-state index is 12.7. The molecule has 0 unspecified atom stereocenters. The second kappa shape index (κ2) is 8.50. The van der Waals surface area contributed by atoms with Gasteiger partial charge in [0, 0.05) is 37.9 Å². The van der Waals surface area contributed by atoms with Crippen LogP contribution in [-0.4, -0.2) is 29.8 Å². The molecule has 0 amide bonds. The average molecular weight is 384 g/mol. The Morgan fingerprint density at radius 2 is 1.67 bits per heavy atom. The highest BCUT2D eigenvalue weighted by Crippen LogP contribution is 2.19. The molecule has 0 bridgehead atoms. The highest BCUT2D eigenvalue weighted by Gasteiger charge is 2.22. The Hall–Kier alpha value is -2.44. The largest absolute Gasteiger partial charge is 0.338 e. The molecule has 2 aromatic carbocycles. The van der Waals surface area contributed by atoms with Crippen molar-refractivity contribution in [1.82, 2.24) is 14.9 Å². The van der Waals surface area contributed by atoms with Crippen molar-refractivity contribution < 1.29 is 8.42 Å².